The Kier molecular flexibility index (Phi) is 2.90. The maximum Gasteiger partial charge on any atom is 0.0994 e. The Morgan fingerprint density at radius 1 is 1.42 bits per heavy atom. The summed E-state index contributed by atoms with van der Waals surface area (Å²) in [7, 11) is 0. The fraction of sp³-hybridized carbons (Fsp3) is 0.100. The minimum Gasteiger partial charge on any atom is -0.192 e. The zero-order valence-corrected chi connectivity index (χ0v) is 7.47. The van der Waals surface area contributed by atoms with Crippen LogP contribution >= 0.6 is 11.6 Å². The third kappa shape index (κ3) is 1.87. The number of rotatable bonds is 1. The molecule has 0 unspecified atom stereocenters. The SMILES string of the molecule is C/C=C(/C#N)c1ccc(Cl)cc1. The van der Waals surface area contributed by atoms with Crippen LogP contribution in [0.5, 0.6) is 0 Å². The third-order valence-electron chi connectivity index (χ3n) is 1.56. The molecule has 0 radical (unpaired) electrons. The molecule has 1 nitrogen and oxygen atoms in total. The molecule has 0 amide bonds. The highest BCUT2D eigenvalue weighted by Crippen LogP contribution is 2.16. The van der Waals surface area contributed by atoms with E-state index in [2.05, 4.69) is 6.07 Å². The molecule has 0 N–H and O–H groups in total. The molecular formula is C10H8ClN. The summed E-state index contributed by atoms with van der Waals surface area (Å²) in [6.45, 7) is 1.84. The molecule has 0 fully saturated rings. The van der Waals surface area contributed by atoms with E-state index in [1.807, 2.05) is 19.1 Å². The van der Waals surface area contributed by atoms with Crippen LogP contribution in [0.25, 0.3) is 5.57 Å². The standard InChI is InChI=1S/C10H8ClN/c1-2-8(7-12)9-3-5-10(11)6-4-9/h2-6H,1H3/b8-2-. The number of nitrogens with zero attached hydrogens (tertiary/aromatic N) is 1. The van der Waals surface area contributed by atoms with Crippen molar-refractivity contribution in [1.82, 2.24) is 0 Å². The molecule has 0 spiro atoms. The van der Waals surface area contributed by atoms with Gasteiger partial charge in [0.05, 0.1) is 11.6 Å². The summed E-state index contributed by atoms with van der Waals surface area (Å²) < 4.78 is 0. The van der Waals surface area contributed by atoms with E-state index in [1.165, 1.54) is 0 Å². The summed E-state index contributed by atoms with van der Waals surface area (Å²) in [4.78, 5) is 0. The minimum absolute atomic E-state index is 0.673. The molecule has 0 atom stereocenters. The van der Waals surface area contributed by atoms with Gasteiger partial charge < -0.3 is 0 Å². The molecule has 1 aromatic rings. The lowest BCUT2D eigenvalue weighted by atomic mass is 10.1. The molecule has 0 bridgehead atoms. The molecule has 0 heterocycles. The van der Waals surface area contributed by atoms with E-state index < -0.39 is 0 Å². The smallest absolute Gasteiger partial charge is 0.0994 e. The number of benzene rings is 1. The summed E-state index contributed by atoms with van der Waals surface area (Å²) in [5, 5.41) is 9.38. The molecule has 0 aliphatic carbocycles. The molecule has 0 aliphatic rings. The first kappa shape index (κ1) is 8.83. The van der Waals surface area contributed by atoms with Gasteiger partial charge in [0.1, 0.15) is 0 Å². The van der Waals surface area contributed by atoms with E-state index in [9.17, 15) is 0 Å². The second-order valence-electron chi connectivity index (χ2n) is 2.32. The number of hydrogen-bond acceptors (Lipinski definition) is 1. The van der Waals surface area contributed by atoms with Crippen LogP contribution in [0.2, 0.25) is 5.02 Å². The third-order valence-corrected chi connectivity index (χ3v) is 1.82. The topological polar surface area (TPSA) is 23.8 Å². The van der Waals surface area contributed by atoms with E-state index in [-0.39, 0.29) is 0 Å². The Labute approximate surface area is 76.9 Å². The van der Waals surface area contributed by atoms with Gasteiger partial charge in [0.2, 0.25) is 0 Å². The molecule has 1 rings (SSSR count). The normalized spacial score (nSPS) is 10.9. The average molecular weight is 178 g/mol. The number of allylic oxidation sites excluding steroid dienone is 2. The predicted octanol–water partition coefficient (Wildman–Crippen LogP) is 3.27. The minimum atomic E-state index is 0.673. The Bertz CT molecular complexity index is 330. The van der Waals surface area contributed by atoms with Crippen LogP contribution < -0.4 is 0 Å². The van der Waals surface area contributed by atoms with Gasteiger partial charge >= 0.3 is 0 Å². The van der Waals surface area contributed by atoms with Gasteiger partial charge in [-0.2, -0.15) is 5.26 Å². The lowest BCUT2D eigenvalue weighted by molar-refractivity contribution is 1.51. The summed E-state index contributed by atoms with van der Waals surface area (Å²) in [6, 6.07) is 9.32. The van der Waals surface area contributed by atoms with Gasteiger partial charge in [-0.05, 0) is 24.6 Å². The quantitative estimate of drug-likeness (QED) is 0.604. The summed E-state index contributed by atoms with van der Waals surface area (Å²) >= 11 is 5.70. The average Bonchev–Trinajstić information content (AvgIpc) is 2.10. The highest BCUT2D eigenvalue weighted by molar-refractivity contribution is 6.30. The van der Waals surface area contributed by atoms with Crippen molar-refractivity contribution in [2.24, 2.45) is 0 Å². The van der Waals surface area contributed by atoms with Crippen LogP contribution in [0.15, 0.2) is 30.3 Å². The molecule has 0 saturated carbocycles. The summed E-state index contributed by atoms with van der Waals surface area (Å²) in [6.07, 6.45) is 1.78. The van der Waals surface area contributed by atoms with Crippen LogP contribution in [0.3, 0.4) is 0 Å². The fourth-order valence-electron chi connectivity index (χ4n) is 0.925. The number of nitriles is 1. The highest BCUT2D eigenvalue weighted by Gasteiger charge is 1.97. The lowest BCUT2D eigenvalue weighted by Crippen LogP contribution is -1.78. The molecule has 0 aliphatic heterocycles. The number of halogens is 1. The Morgan fingerprint density at radius 2 is 2.00 bits per heavy atom. The summed E-state index contributed by atoms with van der Waals surface area (Å²) in [5.74, 6) is 0. The van der Waals surface area contributed by atoms with Crippen molar-refractivity contribution in [2.75, 3.05) is 0 Å². The maximum absolute atomic E-state index is 8.70. The van der Waals surface area contributed by atoms with E-state index in [4.69, 9.17) is 16.9 Å². The molecule has 60 valence electrons. The molecule has 0 aromatic heterocycles. The fourth-order valence-corrected chi connectivity index (χ4v) is 1.05. The van der Waals surface area contributed by atoms with Crippen LogP contribution in [0.1, 0.15) is 12.5 Å². The van der Waals surface area contributed by atoms with Gasteiger partial charge in [-0.1, -0.05) is 29.8 Å². The zero-order chi connectivity index (χ0) is 8.97. The van der Waals surface area contributed by atoms with Crippen molar-refractivity contribution < 1.29 is 0 Å². The van der Waals surface area contributed by atoms with E-state index in [0.29, 0.717) is 10.6 Å². The molecular weight excluding hydrogens is 170 g/mol. The van der Waals surface area contributed by atoms with Crippen LogP contribution in [0.4, 0.5) is 0 Å². The Hall–Kier alpha value is -1.26. The van der Waals surface area contributed by atoms with Crippen molar-refractivity contribution in [2.45, 2.75) is 6.92 Å². The molecule has 0 saturated heterocycles. The van der Waals surface area contributed by atoms with Gasteiger partial charge in [0.25, 0.3) is 0 Å². The first-order valence-corrected chi connectivity index (χ1v) is 3.98. The van der Waals surface area contributed by atoms with E-state index >= 15 is 0 Å². The van der Waals surface area contributed by atoms with Gasteiger partial charge in [0, 0.05) is 5.02 Å². The second-order valence-corrected chi connectivity index (χ2v) is 2.76. The largest absolute Gasteiger partial charge is 0.192 e. The molecule has 1 aromatic carbocycles. The van der Waals surface area contributed by atoms with Crippen molar-refractivity contribution in [3.05, 3.63) is 40.9 Å². The van der Waals surface area contributed by atoms with Crippen molar-refractivity contribution >= 4 is 17.2 Å². The monoisotopic (exact) mass is 177 g/mol. The van der Waals surface area contributed by atoms with Gasteiger partial charge in [0.15, 0.2) is 0 Å². The Morgan fingerprint density at radius 3 is 2.42 bits per heavy atom. The van der Waals surface area contributed by atoms with Crippen LogP contribution in [-0.2, 0) is 0 Å². The van der Waals surface area contributed by atoms with E-state index in [1.54, 1.807) is 18.2 Å². The van der Waals surface area contributed by atoms with Crippen LogP contribution in [-0.4, -0.2) is 0 Å². The van der Waals surface area contributed by atoms with E-state index in [0.717, 1.165) is 5.56 Å². The number of hydrogen-bond donors (Lipinski definition) is 0. The lowest BCUT2D eigenvalue weighted by Gasteiger charge is -1.96. The van der Waals surface area contributed by atoms with Crippen molar-refractivity contribution in [3.63, 3.8) is 0 Å². The molecule has 12 heavy (non-hydrogen) atoms. The molecule has 2 heteroatoms. The summed E-state index contributed by atoms with van der Waals surface area (Å²) in [5.41, 5.74) is 1.58. The maximum atomic E-state index is 8.70. The zero-order valence-electron chi connectivity index (χ0n) is 6.71. The van der Waals surface area contributed by atoms with Gasteiger partial charge in [-0.15, -0.1) is 0 Å². The van der Waals surface area contributed by atoms with Gasteiger partial charge in [-0.25, -0.2) is 0 Å². The highest BCUT2D eigenvalue weighted by atomic mass is 35.5. The first-order chi connectivity index (χ1) is 5.77. The van der Waals surface area contributed by atoms with Crippen molar-refractivity contribution in [1.29, 1.82) is 5.26 Å². The van der Waals surface area contributed by atoms with Gasteiger partial charge in [-0.3, -0.25) is 0 Å². The predicted molar refractivity (Wildman–Crippen MR) is 50.7 cm³/mol. The Balaban J connectivity index is 3.06. The second kappa shape index (κ2) is 3.94. The first-order valence-electron chi connectivity index (χ1n) is 3.60. The van der Waals surface area contributed by atoms with Crippen LogP contribution in [0, 0.1) is 11.3 Å². The van der Waals surface area contributed by atoms with Crippen molar-refractivity contribution in [3.8, 4) is 6.07 Å².